The van der Waals surface area contributed by atoms with Crippen LogP contribution in [-0.4, -0.2) is 47.2 Å². The van der Waals surface area contributed by atoms with Crippen LogP contribution in [0.2, 0.25) is 0 Å². The van der Waals surface area contributed by atoms with Gasteiger partial charge in [0.15, 0.2) is 0 Å². The molecule has 3 aromatic rings. The molecule has 10 heteroatoms. The van der Waals surface area contributed by atoms with Crippen molar-refractivity contribution in [3.8, 4) is 0 Å². The van der Waals surface area contributed by atoms with E-state index in [1.54, 1.807) is 24.3 Å². The fourth-order valence-electron chi connectivity index (χ4n) is 3.34. The predicted octanol–water partition coefficient (Wildman–Crippen LogP) is 3.28. The second-order valence-corrected chi connectivity index (χ2v) is 8.73. The number of anilines is 2. The van der Waals surface area contributed by atoms with Gasteiger partial charge < -0.3 is 15.5 Å². The van der Waals surface area contributed by atoms with Crippen molar-refractivity contribution in [2.75, 3.05) is 30.4 Å². The van der Waals surface area contributed by atoms with Crippen molar-refractivity contribution in [3.63, 3.8) is 0 Å². The van der Waals surface area contributed by atoms with Crippen LogP contribution in [0.25, 0.3) is 6.08 Å². The van der Waals surface area contributed by atoms with Crippen LogP contribution >= 0.6 is 11.8 Å². The number of nitrogens with zero attached hydrogens (tertiary/aromatic N) is 3. The Morgan fingerprint density at radius 2 is 1.74 bits per heavy atom. The molecule has 2 heterocycles. The molecular formula is C25H24N6O3S. The third-order valence-electron chi connectivity index (χ3n) is 5.04. The third kappa shape index (κ3) is 6.67. The van der Waals surface area contributed by atoms with Gasteiger partial charge in [-0.05, 0) is 35.5 Å². The van der Waals surface area contributed by atoms with Crippen molar-refractivity contribution in [2.24, 2.45) is 0 Å². The molecule has 3 N–H and O–H groups in total. The number of carbonyl (C=O) groups is 3. The molecular weight excluding hydrogens is 464 g/mol. The molecule has 2 aromatic carbocycles. The minimum Gasteiger partial charge on any atom is -0.355 e. The van der Waals surface area contributed by atoms with E-state index < -0.39 is 11.1 Å². The summed E-state index contributed by atoms with van der Waals surface area (Å²) in [5.74, 6) is 0.374. The summed E-state index contributed by atoms with van der Waals surface area (Å²) in [6.07, 6.45) is 1.56. The molecule has 0 bridgehead atoms. The molecule has 0 aliphatic carbocycles. The Morgan fingerprint density at radius 1 is 1.03 bits per heavy atom. The summed E-state index contributed by atoms with van der Waals surface area (Å²) in [5, 5.41) is 7.81. The third-order valence-corrected chi connectivity index (χ3v) is 5.85. The maximum atomic E-state index is 12.2. The van der Waals surface area contributed by atoms with E-state index in [0.29, 0.717) is 42.7 Å². The lowest BCUT2D eigenvalue weighted by atomic mass is 10.2. The Balaban J connectivity index is 1.48. The molecule has 0 saturated carbocycles. The lowest BCUT2D eigenvalue weighted by Crippen LogP contribution is -2.29. The summed E-state index contributed by atoms with van der Waals surface area (Å²) in [7, 11) is 1.91. The topological polar surface area (TPSA) is 116 Å². The van der Waals surface area contributed by atoms with E-state index >= 15 is 0 Å². The van der Waals surface area contributed by atoms with Gasteiger partial charge in [-0.2, -0.15) is 4.98 Å². The highest BCUT2D eigenvalue weighted by Gasteiger charge is 2.25. The van der Waals surface area contributed by atoms with Crippen LogP contribution in [-0.2, 0) is 11.3 Å². The first-order valence-corrected chi connectivity index (χ1v) is 11.8. The highest BCUT2D eigenvalue weighted by Crippen LogP contribution is 2.26. The predicted molar refractivity (Wildman–Crippen MR) is 137 cm³/mol. The summed E-state index contributed by atoms with van der Waals surface area (Å²) in [4.78, 5) is 47.1. The first kappa shape index (κ1) is 24.0. The molecule has 0 radical (unpaired) electrons. The molecule has 0 atom stereocenters. The van der Waals surface area contributed by atoms with Crippen LogP contribution in [0.5, 0.6) is 0 Å². The Hall–Kier alpha value is -4.18. The number of hydrogen-bond acceptors (Lipinski definition) is 8. The molecule has 1 saturated heterocycles. The summed E-state index contributed by atoms with van der Waals surface area (Å²) < 4.78 is 0. The zero-order chi connectivity index (χ0) is 24.6. The Kier molecular flexibility index (Phi) is 7.74. The fourth-order valence-corrected chi connectivity index (χ4v) is 4.00. The van der Waals surface area contributed by atoms with Gasteiger partial charge in [-0.15, -0.1) is 0 Å². The van der Waals surface area contributed by atoms with Gasteiger partial charge in [0.1, 0.15) is 5.82 Å². The molecule has 9 nitrogen and oxygen atoms in total. The van der Waals surface area contributed by atoms with Crippen molar-refractivity contribution in [2.45, 2.75) is 6.54 Å². The average Bonchev–Trinajstić information content (AvgIpc) is 3.18. The molecule has 3 amide bonds. The second-order valence-electron chi connectivity index (χ2n) is 7.72. The van der Waals surface area contributed by atoms with E-state index in [1.807, 2.05) is 60.5 Å². The Labute approximate surface area is 207 Å². The summed E-state index contributed by atoms with van der Waals surface area (Å²) in [6, 6.07) is 20.7. The maximum Gasteiger partial charge on any atom is 0.290 e. The molecule has 35 heavy (non-hydrogen) atoms. The van der Waals surface area contributed by atoms with Crippen LogP contribution in [0.3, 0.4) is 0 Å². The van der Waals surface area contributed by atoms with Gasteiger partial charge in [0.05, 0.1) is 10.6 Å². The largest absolute Gasteiger partial charge is 0.355 e. The second kappa shape index (κ2) is 11.3. The van der Waals surface area contributed by atoms with E-state index in [0.717, 1.165) is 17.3 Å². The van der Waals surface area contributed by atoms with E-state index in [-0.39, 0.29) is 10.8 Å². The van der Waals surface area contributed by atoms with Crippen molar-refractivity contribution in [1.82, 2.24) is 20.6 Å². The van der Waals surface area contributed by atoms with Gasteiger partial charge >= 0.3 is 0 Å². The van der Waals surface area contributed by atoms with Gasteiger partial charge in [0, 0.05) is 38.3 Å². The number of imide groups is 1. The molecule has 1 aromatic heterocycles. The highest BCUT2D eigenvalue weighted by atomic mass is 32.2. The number of rotatable bonds is 9. The normalized spacial score (nSPS) is 14.0. The minimum atomic E-state index is -0.448. The van der Waals surface area contributed by atoms with Gasteiger partial charge in [0.2, 0.25) is 5.95 Å². The van der Waals surface area contributed by atoms with E-state index in [2.05, 4.69) is 25.9 Å². The zero-order valence-corrected chi connectivity index (χ0v) is 19.8. The lowest BCUT2D eigenvalue weighted by Gasteiger charge is -2.19. The summed E-state index contributed by atoms with van der Waals surface area (Å²) in [5.41, 5.74) is 2.19. The van der Waals surface area contributed by atoms with Gasteiger partial charge in [0.25, 0.3) is 17.1 Å². The number of aromatic nitrogens is 2. The molecule has 1 fully saturated rings. The number of nitrogens with one attached hydrogen (secondary N) is 3. The van der Waals surface area contributed by atoms with E-state index in [1.165, 1.54) is 0 Å². The van der Waals surface area contributed by atoms with Crippen molar-refractivity contribution < 1.29 is 14.4 Å². The number of carbonyl (C=O) groups excluding carboxylic acids is 3. The fraction of sp³-hybridized carbons (Fsp3) is 0.160. The zero-order valence-electron chi connectivity index (χ0n) is 19.0. The van der Waals surface area contributed by atoms with Crippen molar-refractivity contribution >= 4 is 46.7 Å². The number of thioether (sulfide) groups is 1. The highest BCUT2D eigenvalue weighted by molar-refractivity contribution is 8.18. The van der Waals surface area contributed by atoms with Crippen LogP contribution in [0, 0.1) is 0 Å². The van der Waals surface area contributed by atoms with Crippen molar-refractivity contribution in [3.05, 3.63) is 88.5 Å². The monoisotopic (exact) mass is 488 g/mol. The van der Waals surface area contributed by atoms with Crippen LogP contribution in [0.4, 0.5) is 16.6 Å². The Bertz CT molecular complexity index is 1250. The first-order chi connectivity index (χ1) is 17.0. The number of hydrogen-bond donors (Lipinski definition) is 3. The lowest BCUT2D eigenvalue weighted by molar-refractivity contribution is -0.115. The smallest absolute Gasteiger partial charge is 0.290 e. The van der Waals surface area contributed by atoms with Gasteiger partial charge in [-0.25, -0.2) is 4.98 Å². The molecule has 178 valence electrons. The molecule has 4 rings (SSSR count). The summed E-state index contributed by atoms with van der Waals surface area (Å²) in [6.45, 7) is 1.38. The molecule has 1 aliphatic heterocycles. The van der Waals surface area contributed by atoms with Gasteiger partial charge in [-0.3, -0.25) is 19.7 Å². The molecule has 1 aliphatic rings. The van der Waals surface area contributed by atoms with Crippen LogP contribution in [0.1, 0.15) is 21.6 Å². The SMILES string of the molecule is CN(Cc1ccccc1)c1cc(C=C2SC(=O)NC2=O)nc(NCCNC(=O)c2ccccc2)n1. The van der Waals surface area contributed by atoms with E-state index in [4.69, 9.17) is 0 Å². The van der Waals surface area contributed by atoms with Crippen LogP contribution in [0.15, 0.2) is 71.6 Å². The Morgan fingerprint density at radius 3 is 2.43 bits per heavy atom. The standard InChI is InChI=1S/C25H24N6O3S/c1-31(16-17-8-4-2-5-9-17)21-15-19(14-20-23(33)30-25(34)35-20)28-24(29-21)27-13-12-26-22(32)18-10-6-3-7-11-18/h2-11,14-15H,12-13,16H2,1H3,(H,26,32)(H,27,28,29)(H,30,33,34). The van der Waals surface area contributed by atoms with Gasteiger partial charge in [-0.1, -0.05) is 48.5 Å². The first-order valence-electron chi connectivity index (χ1n) is 10.9. The number of benzene rings is 2. The van der Waals surface area contributed by atoms with E-state index in [9.17, 15) is 14.4 Å². The number of amides is 3. The van der Waals surface area contributed by atoms with Crippen molar-refractivity contribution in [1.29, 1.82) is 0 Å². The molecule has 0 spiro atoms. The quantitative estimate of drug-likeness (QED) is 0.310. The van der Waals surface area contributed by atoms with Crippen LogP contribution < -0.4 is 20.9 Å². The minimum absolute atomic E-state index is 0.163. The maximum absolute atomic E-state index is 12.2. The summed E-state index contributed by atoms with van der Waals surface area (Å²) >= 11 is 0.833. The average molecular weight is 489 g/mol. The molecule has 0 unspecified atom stereocenters.